The van der Waals surface area contributed by atoms with Gasteiger partial charge in [-0.3, -0.25) is 0 Å². The predicted molar refractivity (Wildman–Crippen MR) is 62.0 cm³/mol. The Morgan fingerprint density at radius 3 is 2.12 bits per heavy atom. The van der Waals surface area contributed by atoms with Crippen molar-refractivity contribution in [2.24, 2.45) is 0 Å². The molecule has 1 unspecified atom stereocenters. The first-order valence-corrected chi connectivity index (χ1v) is 8.30. The lowest BCUT2D eigenvalue weighted by Crippen LogP contribution is -2.39. The molecule has 0 saturated carbocycles. The van der Waals surface area contributed by atoms with Crippen LogP contribution in [0.1, 0.15) is 13.8 Å². The van der Waals surface area contributed by atoms with E-state index in [-0.39, 0.29) is 24.7 Å². The van der Waals surface area contributed by atoms with Gasteiger partial charge in [-0.05, 0) is 13.8 Å². The van der Waals surface area contributed by atoms with Gasteiger partial charge in [-0.2, -0.15) is 4.72 Å². The molecule has 0 aromatic heterocycles. The fourth-order valence-electron chi connectivity index (χ4n) is 0.741. The van der Waals surface area contributed by atoms with E-state index in [0.29, 0.717) is 0 Å². The SMILES string of the molecule is CCS(=O)(=O)NCCOC(O)NS(=O)(=O)CC. The second kappa shape index (κ2) is 7.24. The minimum absolute atomic E-state index is 0.0406. The van der Waals surface area contributed by atoms with Gasteiger partial charge < -0.3 is 9.84 Å². The smallest absolute Gasteiger partial charge is 0.226 e. The summed E-state index contributed by atoms with van der Waals surface area (Å²) in [6.45, 7) is 2.70. The van der Waals surface area contributed by atoms with Crippen LogP contribution < -0.4 is 9.44 Å². The third-order valence-corrected chi connectivity index (χ3v) is 4.47. The number of aliphatic hydroxyl groups is 1. The van der Waals surface area contributed by atoms with E-state index in [4.69, 9.17) is 5.11 Å². The van der Waals surface area contributed by atoms with Crippen molar-refractivity contribution in [3.63, 3.8) is 0 Å². The van der Waals surface area contributed by atoms with Crippen molar-refractivity contribution in [2.75, 3.05) is 24.7 Å². The van der Waals surface area contributed by atoms with Crippen molar-refractivity contribution < 1.29 is 26.7 Å². The van der Waals surface area contributed by atoms with Gasteiger partial charge in [-0.15, -0.1) is 0 Å². The molecule has 0 aliphatic rings. The number of hydrogen-bond acceptors (Lipinski definition) is 6. The topological polar surface area (TPSA) is 122 Å². The zero-order chi connectivity index (χ0) is 13.5. The third kappa shape index (κ3) is 8.46. The second-order valence-electron chi connectivity index (χ2n) is 3.04. The summed E-state index contributed by atoms with van der Waals surface area (Å²) in [6.07, 6.45) is -1.67. The molecule has 0 aliphatic carbocycles. The average Bonchev–Trinajstić information content (AvgIpc) is 2.24. The van der Waals surface area contributed by atoms with E-state index >= 15 is 0 Å². The van der Waals surface area contributed by atoms with Crippen LogP contribution in [-0.4, -0.2) is 53.0 Å². The number of aliphatic hydroxyl groups excluding tert-OH is 1. The molecule has 1 atom stereocenters. The fourth-order valence-corrected chi connectivity index (χ4v) is 1.88. The van der Waals surface area contributed by atoms with E-state index in [1.54, 1.807) is 0 Å². The molecular formula is C7H18N2O6S2. The Morgan fingerprint density at radius 2 is 1.65 bits per heavy atom. The maximum atomic E-state index is 11.0. The summed E-state index contributed by atoms with van der Waals surface area (Å²) in [6, 6.07) is 0. The minimum Gasteiger partial charge on any atom is -0.355 e. The van der Waals surface area contributed by atoms with Crippen LogP contribution >= 0.6 is 0 Å². The number of hydrogen-bond donors (Lipinski definition) is 3. The number of rotatable bonds is 9. The Labute approximate surface area is 101 Å². The first-order valence-electron chi connectivity index (χ1n) is 4.99. The number of ether oxygens (including phenoxy) is 1. The van der Waals surface area contributed by atoms with Gasteiger partial charge >= 0.3 is 0 Å². The van der Waals surface area contributed by atoms with Crippen LogP contribution in [0, 0.1) is 0 Å². The van der Waals surface area contributed by atoms with E-state index < -0.39 is 26.5 Å². The molecule has 17 heavy (non-hydrogen) atoms. The number of sulfonamides is 2. The quantitative estimate of drug-likeness (QED) is 0.339. The lowest BCUT2D eigenvalue weighted by Gasteiger charge is -2.13. The summed E-state index contributed by atoms with van der Waals surface area (Å²) in [5, 5.41) is 9.11. The Morgan fingerprint density at radius 1 is 1.12 bits per heavy atom. The highest BCUT2D eigenvalue weighted by Gasteiger charge is 2.13. The van der Waals surface area contributed by atoms with Crippen LogP contribution in [0.2, 0.25) is 0 Å². The van der Waals surface area contributed by atoms with E-state index in [1.165, 1.54) is 13.8 Å². The van der Waals surface area contributed by atoms with Crippen molar-refractivity contribution in [1.82, 2.24) is 9.44 Å². The van der Waals surface area contributed by atoms with E-state index in [2.05, 4.69) is 9.46 Å². The van der Waals surface area contributed by atoms with Crippen molar-refractivity contribution in [2.45, 2.75) is 20.3 Å². The Hall–Kier alpha value is -0.260. The molecule has 0 saturated heterocycles. The molecule has 0 aromatic rings. The van der Waals surface area contributed by atoms with Gasteiger partial charge in [0.1, 0.15) is 0 Å². The summed E-state index contributed by atoms with van der Waals surface area (Å²) < 4.78 is 52.6. The van der Waals surface area contributed by atoms with Gasteiger partial charge in [-0.25, -0.2) is 21.6 Å². The van der Waals surface area contributed by atoms with Crippen molar-refractivity contribution in [1.29, 1.82) is 0 Å². The summed E-state index contributed by atoms with van der Waals surface area (Å²) in [4.78, 5) is 0. The van der Waals surface area contributed by atoms with Crippen LogP contribution in [0.15, 0.2) is 0 Å². The largest absolute Gasteiger partial charge is 0.355 e. The molecule has 0 radical (unpaired) electrons. The second-order valence-corrected chi connectivity index (χ2v) is 7.18. The Kier molecular flexibility index (Phi) is 7.13. The zero-order valence-electron chi connectivity index (χ0n) is 9.71. The lowest BCUT2D eigenvalue weighted by atomic mass is 10.7. The van der Waals surface area contributed by atoms with Crippen LogP contribution in [-0.2, 0) is 24.8 Å². The first kappa shape index (κ1) is 16.7. The van der Waals surface area contributed by atoms with Gasteiger partial charge in [0, 0.05) is 6.54 Å². The molecule has 0 spiro atoms. The highest BCUT2D eigenvalue weighted by molar-refractivity contribution is 7.89. The molecule has 10 heteroatoms. The van der Waals surface area contributed by atoms with Crippen molar-refractivity contribution in [3.05, 3.63) is 0 Å². The fraction of sp³-hybridized carbons (Fsp3) is 1.00. The average molecular weight is 290 g/mol. The van der Waals surface area contributed by atoms with Gasteiger partial charge in [0.2, 0.25) is 26.5 Å². The van der Waals surface area contributed by atoms with Gasteiger partial charge in [-0.1, -0.05) is 0 Å². The van der Waals surface area contributed by atoms with E-state index in [9.17, 15) is 16.8 Å². The highest BCUT2D eigenvalue weighted by atomic mass is 32.2. The molecule has 0 rings (SSSR count). The first-order chi connectivity index (χ1) is 7.72. The van der Waals surface area contributed by atoms with Crippen LogP contribution in [0.3, 0.4) is 0 Å². The monoisotopic (exact) mass is 290 g/mol. The van der Waals surface area contributed by atoms with Gasteiger partial charge in [0.05, 0.1) is 18.1 Å². The van der Waals surface area contributed by atoms with Crippen LogP contribution in [0.4, 0.5) is 0 Å². The molecule has 0 fully saturated rings. The Balaban J connectivity index is 3.84. The maximum Gasteiger partial charge on any atom is 0.226 e. The van der Waals surface area contributed by atoms with Crippen LogP contribution in [0.5, 0.6) is 0 Å². The van der Waals surface area contributed by atoms with Crippen molar-refractivity contribution in [3.8, 4) is 0 Å². The summed E-state index contributed by atoms with van der Waals surface area (Å²) in [5.74, 6) is -0.242. The summed E-state index contributed by atoms with van der Waals surface area (Å²) in [5.41, 5.74) is 0. The van der Waals surface area contributed by atoms with E-state index in [1.807, 2.05) is 4.72 Å². The standard InChI is InChI=1S/C7H18N2O6S2/c1-3-16(11,12)8-5-6-15-7(10)9-17(13,14)4-2/h7-10H,3-6H2,1-2H3. The summed E-state index contributed by atoms with van der Waals surface area (Å²) in [7, 11) is -6.86. The summed E-state index contributed by atoms with van der Waals surface area (Å²) >= 11 is 0. The maximum absolute atomic E-state index is 11.0. The molecule has 0 aromatic carbocycles. The van der Waals surface area contributed by atoms with Gasteiger partial charge in [0.15, 0.2) is 0 Å². The number of nitrogens with one attached hydrogen (secondary N) is 2. The lowest BCUT2D eigenvalue weighted by molar-refractivity contribution is -0.103. The molecule has 3 N–H and O–H groups in total. The molecule has 0 heterocycles. The molecule has 8 nitrogen and oxygen atoms in total. The van der Waals surface area contributed by atoms with Crippen LogP contribution in [0.25, 0.3) is 0 Å². The van der Waals surface area contributed by atoms with E-state index in [0.717, 1.165) is 0 Å². The van der Waals surface area contributed by atoms with Crippen molar-refractivity contribution >= 4 is 20.0 Å². The molecule has 0 amide bonds. The molecular weight excluding hydrogens is 272 g/mol. The third-order valence-electron chi connectivity index (χ3n) is 1.74. The van der Waals surface area contributed by atoms with Gasteiger partial charge in [0.25, 0.3) is 0 Å². The molecule has 0 bridgehead atoms. The molecule has 0 aliphatic heterocycles. The normalized spacial score (nSPS) is 14.8. The Bertz CT molecular complexity index is 404. The minimum atomic E-state index is -3.55. The predicted octanol–water partition coefficient (Wildman–Crippen LogP) is -1.84. The molecule has 104 valence electrons. The highest BCUT2D eigenvalue weighted by Crippen LogP contribution is 1.89. The zero-order valence-corrected chi connectivity index (χ0v) is 11.3.